The molecule has 3 amide bonds. The highest BCUT2D eigenvalue weighted by Gasteiger charge is 2.35. The molecule has 1 aromatic carbocycles. The molecular weight excluding hydrogens is 860 g/mol. The molecule has 1 saturated heterocycles. The molecule has 354 valence electrons. The van der Waals surface area contributed by atoms with E-state index in [1.165, 1.54) is 15.6 Å². The molecule has 4 aromatic heterocycles. The predicted molar refractivity (Wildman–Crippen MR) is 255 cm³/mol. The largest absolute Gasteiger partial charge is 0.382 e. The Hall–Kier alpha value is -7.35. The quantitative estimate of drug-likeness (QED) is 0.0218. The maximum Gasteiger partial charge on any atom is 0.249 e. The number of hydrogen-bond donors (Lipinski definition) is 4. The number of nitrogens with one attached hydrogen (secondary N) is 4. The number of piperidine rings is 1. The lowest BCUT2D eigenvalue weighted by atomic mass is 10.0. The van der Waals surface area contributed by atoms with Gasteiger partial charge in [0.2, 0.25) is 18.2 Å². The molecule has 2 aliphatic rings. The molecule has 0 spiro atoms. The van der Waals surface area contributed by atoms with E-state index in [0.717, 1.165) is 74.3 Å². The molecule has 2 fully saturated rings. The average Bonchev–Trinajstić information content (AvgIpc) is 3.64. The minimum absolute atomic E-state index is 0.185. The first-order valence-corrected chi connectivity index (χ1v) is 22.4. The number of aryl methyl sites for hydroxylation is 3. The Kier molecular flexibility index (Phi) is 17.8. The number of rotatable bonds is 24. The first-order valence-electron chi connectivity index (χ1n) is 22.4. The fourth-order valence-electron chi connectivity index (χ4n) is 7.45. The van der Waals surface area contributed by atoms with Gasteiger partial charge in [-0.25, -0.2) is 18.9 Å². The maximum atomic E-state index is 12.5. The van der Waals surface area contributed by atoms with E-state index >= 15 is 0 Å². The summed E-state index contributed by atoms with van der Waals surface area (Å²) in [4.78, 5) is 73.8. The number of unbranched alkanes of at least 4 members (excludes halogenated alkanes) is 3. The number of alkyl halides is 1. The number of aldehydes is 2. The number of hydrogen-bond acceptors (Lipinski definition) is 15. The predicted octanol–water partition coefficient (Wildman–Crippen LogP) is 4.67. The number of halogens is 1. The number of imidazole rings is 1. The van der Waals surface area contributed by atoms with Crippen molar-refractivity contribution in [3.8, 4) is 0 Å². The van der Waals surface area contributed by atoms with Crippen LogP contribution < -0.4 is 36.0 Å². The molecule has 67 heavy (non-hydrogen) atoms. The van der Waals surface area contributed by atoms with Crippen molar-refractivity contribution in [3.05, 3.63) is 102 Å². The van der Waals surface area contributed by atoms with Crippen LogP contribution in [0.15, 0.2) is 85.1 Å². The number of amides is 3. The monoisotopic (exact) mass is 918 g/mol. The summed E-state index contributed by atoms with van der Waals surface area (Å²) in [6.07, 6.45) is 19.3. The molecule has 0 radical (unpaired) electrons. The Morgan fingerprint density at radius 2 is 1.81 bits per heavy atom. The van der Waals surface area contributed by atoms with E-state index in [2.05, 4.69) is 52.7 Å². The van der Waals surface area contributed by atoms with Crippen LogP contribution in [0.1, 0.15) is 73.1 Å². The lowest BCUT2D eigenvalue weighted by Gasteiger charge is -2.32. The second-order valence-electron chi connectivity index (χ2n) is 16.5. The summed E-state index contributed by atoms with van der Waals surface area (Å²) in [5, 5.41) is 24.8. The fraction of sp³-hybridized carbons (Fsp3) is 0.404. The van der Waals surface area contributed by atoms with E-state index in [9.17, 15) is 28.4 Å². The van der Waals surface area contributed by atoms with Crippen LogP contribution in [0.4, 0.5) is 33.1 Å². The second kappa shape index (κ2) is 24.3. The number of fused-ring (bicyclic) bond motifs is 1. The third kappa shape index (κ3) is 13.8. The van der Waals surface area contributed by atoms with Crippen LogP contribution in [-0.2, 0) is 38.6 Å². The summed E-state index contributed by atoms with van der Waals surface area (Å²) >= 11 is 0. The van der Waals surface area contributed by atoms with E-state index in [1.807, 2.05) is 72.2 Å². The van der Waals surface area contributed by atoms with Crippen LogP contribution >= 0.6 is 0 Å². The topological polar surface area (TPSA) is 217 Å². The van der Waals surface area contributed by atoms with E-state index in [-0.39, 0.29) is 36.2 Å². The van der Waals surface area contributed by atoms with E-state index in [1.54, 1.807) is 37.7 Å². The summed E-state index contributed by atoms with van der Waals surface area (Å²) in [5.41, 5.74) is 5.17. The van der Waals surface area contributed by atoms with Crippen LogP contribution in [-0.4, -0.2) is 118 Å². The summed E-state index contributed by atoms with van der Waals surface area (Å²) in [7, 11) is 7.45. The van der Waals surface area contributed by atoms with Gasteiger partial charge in [0.05, 0.1) is 34.6 Å². The molecule has 3 atom stereocenters. The van der Waals surface area contributed by atoms with Crippen molar-refractivity contribution in [2.75, 3.05) is 60.1 Å². The molecule has 7 rings (SSSR count). The van der Waals surface area contributed by atoms with Crippen molar-refractivity contribution < 1.29 is 28.4 Å². The molecule has 5 aromatic rings. The Balaban J connectivity index is 0.00000114. The highest BCUT2D eigenvalue weighted by molar-refractivity contribution is 6.04. The zero-order valence-electron chi connectivity index (χ0n) is 38.3. The minimum Gasteiger partial charge on any atom is -0.382 e. The Labute approximate surface area is 388 Å². The average molecular weight is 919 g/mol. The van der Waals surface area contributed by atoms with Crippen molar-refractivity contribution in [2.24, 2.45) is 0 Å². The van der Waals surface area contributed by atoms with Crippen LogP contribution in [0.5, 0.6) is 0 Å². The highest BCUT2D eigenvalue weighted by atomic mass is 19.1. The lowest BCUT2D eigenvalue weighted by molar-refractivity contribution is -0.134. The third-order valence-corrected chi connectivity index (χ3v) is 11.3. The normalized spacial score (nSPS) is 16.8. The van der Waals surface area contributed by atoms with Gasteiger partial charge in [0, 0.05) is 71.4 Å². The first-order chi connectivity index (χ1) is 32.5. The number of imide groups is 1. The molecule has 1 aliphatic heterocycles. The van der Waals surface area contributed by atoms with Gasteiger partial charge in [-0.2, -0.15) is 0 Å². The molecule has 0 bridgehead atoms. The molecule has 1 unspecified atom stereocenters. The molecule has 1 saturated carbocycles. The molecule has 19 nitrogen and oxygen atoms in total. The van der Waals surface area contributed by atoms with Gasteiger partial charge in [-0.05, 0) is 94.0 Å². The number of anilines is 5. The number of carbonyl (C=O) groups excluding carboxylic acids is 5. The van der Waals surface area contributed by atoms with Crippen molar-refractivity contribution in [2.45, 2.75) is 89.0 Å². The van der Waals surface area contributed by atoms with Crippen molar-refractivity contribution in [1.29, 1.82) is 0 Å². The van der Waals surface area contributed by atoms with Crippen molar-refractivity contribution >= 4 is 65.1 Å². The fourth-order valence-corrected chi connectivity index (χ4v) is 7.45. The summed E-state index contributed by atoms with van der Waals surface area (Å²) in [6.45, 7) is 1.35. The van der Waals surface area contributed by atoms with Gasteiger partial charge >= 0.3 is 0 Å². The van der Waals surface area contributed by atoms with Crippen LogP contribution in [0.25, 0.3) is 5.65 Å². The number of carbonyl (C=O) groups is 5. The molecule has 4 N–H and O–H groups in total. The van der Waals surface area contributed by atoms with Gasteiger partial charge in [0.1, 0.15) is 23.7 Å². The minimum atomic E-state index is -0.725. The maximum absolute atomic E-state index is 12.5. The van der Waals surface area contributed by atoms with Gasteiger partial charge in [-0.3, -0.25) is 34.0 Å². The molecule has 20 heteroatoms. The second-order valence-corrected chi connectivity index (χ2v) is 16.5. The van der Waals surface area contributed by atoms with E-state index in [4.69, 9.17) is 0 Å². The number of benzene rings is 1. The standard InChI is InChI=1S/C43H51N13O5.C4H8FN/c1-52(2)38-24-31(16-17-36(38)55(30-59)37-18-19-41(60)48-43(37)61)12-6-4-5-9-23-54-27-32(49-51-54)13-10-21-44-35-25-39(50-56-34(29-58)26-46-42(35)56)47-33(28-57)14-11-22-53(3)40-15-7-8-20-45-40;1-6-4-2-3(4)5/h7-8,11,14-17,20,22,24-30,37,44H,4-6,9-10,12-13,18-19,21,23H2,1-3H3,(H,47,50)(H,48,60,61);3-4,6H,2H2,1H3/b22-11-,33-14+;/t;3-,4+/m.0/s1. The van der Waals surface area contributed by atoms with E-state index < -0.39 is 18.1 Å². The molecular formula is C47H59FN14O5. The Morgan fingerprint density at radius 1 is 0.985 bits per heavy atom. The number of aromatic nitrogens is 7. The molecule has 1 aliphatic carbocycles. The summed E-state index contributed by atoms with van der Waals surface area (Å²) in [5.74, 6) is 0.331. The third-order valence-electron chi connectivity index (χ3n) is 11.3. The first kappa shape index (κ1) is 49.1. The number of nitrogens with zero attached hydrogens (tertiary/aromatic N) is 10. The van der Waals surface area contributed by atoms with Crippen LogP contribution in [0.2, 0.25) is 0 Å². The smallest absolute Gasteiger partial charge is 0.249 e. The van der Waals surface area contributed by atoms with Crippen molar-refractivity contribution in [3.63, 3.8) is 0 Å². The van der Waals surface area contributed by atoms with Gasteiger partial charge in [-0.15, -0.1) is 10.2 Å². The SMILES string of the molecule is CN(C)c1cc(CCCCCCn2cc(CCCNc3cc(N/C(C=O)=C/C=C\N(C)c4ccccn4)nn4c(C=O)cnc34)nn2)ccc1N(C=O)C1CCC(=O)NC1=O.CN[C@@H]1C[C@@H]1F. The Morgan fingerprint density at radius 3 is 2.49 bits per heavy atom. The van der Waals surface area contributed by atoms with E-state index in [0.29, 0.717) is 54.8 Å². The lowest BCUT2D eigenvalue weighted by Crippen LogP contribution is -2.52. The zero-order valence-corrected chi connectivity index (χ0v) is 38.3. The summed E-state index contributed by atoms with van der Waals surface area (Å²) < 4.78 is 15.0. The summed E-state index contributed by atoms with van der Waals surface area (Å²) in [6, 6.07) is 12.8. The van der Waals surface area contributed by atoms with Gasteiger partial charge in [0.15, 0.2) is 24.0 Å². The van der Waals surface area contributed by atoms with Crippen LogP contribution in [0, 0.1) is 0 Å². The van der Waals surface area contributed by atoms with Gasteiger partial charge < -0.3 is 30.7 Å². The van der Waals surface area contributed by atoms with Crippen LogP contribution in [0.3, 0.4) is 0 Å². The van der Waals surface area contributed by atoms with Crippen molar-refractivity contribution in [1.82, 2.24) is 45.2 Å². The van der Waals surface area contributed by atoms with Gasteiger partial charge in [-0.1, -0.05) is 30.2 Å². The molecule has 5 heterocycles. The zero-order chi connectivity index (χ0) is 47.7. The number of pyridine rings is 1. The highest BCUT2D eigenvalue weighted by Crippen LogP contribution is 2.32. The number of allylic oxidation sites excluding steroid dienone is 3. The Bertz CT molecular complexity index is 2520. The van der Waals surface area contributed by atoms with Gasteiger partial charge in [0.25, 0.3) is 0 Å².